The molecule has 3 nitrogen and oxygen atoms in total. The van der Waals surface area contributed by atoms with Gasteiger partial charge in [-0.25, -0.2) is 0 Å². The maximum absolute atomic E-state index is 12.2. The number of alkyl halides is 3. The minimum atomic E-state index is -4.83. The molecule has 90 valence electrons. The van der Waals surface area contributed by atoms with E-state index in [-0.39, 0.29) is 10.9 Å². The lowest BCUT2D eigenvalue weighted by atomic mass is 10.2. The summed E-state index contributed by atoms with van der Waals surface area (Å²) in [4.78, 5) is 14.2. The Balaban J connectivity index is 2.73. The molecule has 0 radical (unpaired) electrons. The van der Waals surface area contributed by atoms with Gasteiger partial charge in [0.25, 0.3) is 0 Å². The van der Waals surface area contributed by atoms with Gasteiger partial charge in [0.15, 0.2) is 5.43 Å². The predicted octanol–water partition coefficient (Wildman–Crippen LogP) is 3.19. The number of fused-ring (bicyclic) bond motifs is 1. The molecule has 0 fully saturated rings. The molecule has 0 aliphatic carbocycles. The molecule has 0 atom stereocenters. The Bertz CT molecular complexity index is 621. The molecular formula is C10H5BrF3NO2. The molecule has 17 heavy (non-hydrogen) atoms. The summed E-state index contributed by atoms with van der Waals surface area (Å²) < 4.78 is 40.8. The second-order valence-electron chi connectivity index (χ2n) is 3.19. The van der Waals surface area contributed by atoms with Gasteiger partial charge in [0.2, 0.25) is 0 Å². The molecule has 0 saturated carbocycles. The standard InChI is InChI=1S/C10H5BrF3NO2/c11-5-1-2-7(17-10(12,13)14)8-6(16)3-4-15-9(5)8/h1-4H,(H,15,16). The summed E-state index contributed by atoms with van der Waals surface area (Å²) in [5.74, 6) is -0.516. The Kier molecular flexibility index (Phi) is 2.86. The van der Waals surface area contributed by atoms with Crippen LogP contribution in [0.4, 0.5) is 13.2 Å². The Hall–Kier alpha value is -1.50. The number of nitrogens with one attached hydrogen (secondary N) is 1. The highest BCUT2D eigenvalue weighted by atomic mass is 79.9. The van der Waals surface area contributed by atoms with Crippen molar-refractivity contribution < 1.29 is 17.9 Å². The lowest BCUT2D eigenvalue weighted by Gasteiger charge is -2.11. The average Bonchev–Trinajstić information content (AvgIpc) is 2.21. The van der Waals surface area contributed by atoms with Gasteiger partial charge in [-0.2, -0.15) is 0 Å². The quantitative estimate of drug-likeness (QED) is 0.879. The maximum atomic E-state index is 12.2. The number of ether oxygens (including phenoxy) is 1. The first-order valence-electron chi connectivity index (χ1n) is 4.44. The van der Waals surface area contributed by atoms with E-state index in [1.54, 1.807) is 0 Å². The Labute approximate surface area is 101 Å². The fraction of sp³-hybridized carbons (Fsp3) is 0.100. The van der Waals surface area contributed by atoms with Crippen molar-refractivity contribution in [3.8, 4) is 5.75 Å². The normalized spacial score (nSPS) is 11.8. The van der Waals surface area contributed by atoms with Crippen LogP contribution in [-0.4, -0.2) is 11.3 Å². The highest BCUT2D eigenvalue weighted by Gasteiger charge is 2.32. The van der Waals surface area contributed by atoms with E-state index >= 15 is 0 Å². The average molecular weight is 308 g/mol. The predicted molar refractivity (Wildman–Crippen MR) is 59.0 cm³/mol. The van der Waals surface area contributed by atoms with Crippen molar-refractivity contribution in [1.29, 1.82) is 0 Å². The van der Waals surface area contributed by atoms with Crippen LogP contribution in [0.15, 0.2) is 33.7 Å². The van der Waals surface area contributed by atoms with E-state index < -0.39 is 17.5 Å². The monoisotopic (exact) mass is 307 g/mol. The number of rotatable bonds is 1. The third kappa shape index (κ3) is 2.44. The highest BCUT2D eigenvalue weighted by Crippen LogP contribution is 2.31. The van der Waals surface area contributed by atoms with Gasteiger partial charge in [-0.15, -0.1) is 13.2 Å². The van der Waals surface area contributed by atoms with Gasteiger partial charge in [0, 0.05) is 16.7 Å². The number of aromatic amines is 1. The van der Waals surface area contributed by atoms with Crippen LogP contribution in [0.5, 0.6) is 5.75 Å². The van der Waals surface area contributed by atoms with E-state index in [2.05, 4.69) is 25.7 Å². The number of aromatic nitrogens is 1. The van der Waals surface area contributed by atoms with E-state index in [0.29, 0.717) is 4.47 Å². The first-order valence-corrected chi connectivity index (χ1v) is 5.23. The molecule has 0 aliphatic rings. The zero-order valence-electron chi connectivity index (χ0n) is 8.14. The number of hydrogen-bond donors (Lipinski definition) is 1. The molecule has 0 unspecified atom stereocenters. The fourth-order valence-electron chi connectivity index (χ4n) is 1.44. The summed E-state index contributed by atoms with van der Waals surface area (Å²) >= 11 is 3.14. The van der Waals surface area contributed by atoms with Crippen LogP contribution in [-0.2, 0) is 0 Å². The topological polar surface area (TPSA) is 42.1 Å². The largest absolute Gasteiger partial charge is 0.573 e. The van der Waals surface area contributed by atoms with Crippen LogP contribution >= 0.6 is 15.9 Å². The van der Waals surface area contributed by atoms with Gasteiger partial charge in [0.05, 0.1) is 10.9 Å². The molecule has 1 heterocycles. The number of H-pyrrole nitrogens is 1. The molecule has 2 rings (SSSR count). The van der Waals surface area contributed by atoms with Crippen molar-refractivity contribution in [3.05, 3.63) is 39.1 Å². The van der Waals surface area contributed by atoms with E-state index in [1.807, 2.05) is 0 Å². The summed E-state index contributed by atoms with van der Waals surface area (Å²) in [6.07, 6.45) is -3.48. The van der Waals surface area contributed by atoms with Crippen molar-refractivity contribution in [1.82, 2.24) is 4.98 Å². The second-order valence-corrected chi connectivity index (χ2v) is 4.04. The van der Waals surface area contributed by atoms with Crippen LogP contribution in [0.3, 0.4) is 0 Å². The van der Waals surface area contributed by atoms with Crippen molar-refractivity contribution in [2.45, 2.75) is 6.36 Å². The van der Waals surface area contributed by atoms with E-state index in [1.165, 1.54) is 12.3 Å². The van der Waals surface area contributed by atoms with E-state index in [0.717, 1.165) is 12.1 Å². The molecule has 2 aromatic rings. The van der Waals surface area contributed by atoms with Crippen LogP contribution in [0.25, 0.3) is 10.9 Å². The maximum Gasteiger partial charge on any atom is 0.573 e. The number of hydrogen-bond acceptors (Lipinski definition) is 2. The van der Waals surface area contributed by atoms with Crippen LogP contribution in [0.1, 0.15) is 0 Å². The van der Waals surface area contributed by atoms with E-state index in [4.69, 9.17) is 0 Å². The van der Waals surface area contributed by atoms with Gasteiger partial charge in [-0.3, -0.25) is 4.79 Å². The lowest BCUT2D eigenvalue weighted by Crippen LogP contribution is -2.18. The Morgan fingerprint density at radius 1 is 1.24 bits per heavy atom. The minimum Gasteiger partial charge on any atom is -0.405 e. The van der Waals surface area contributed by atoms with Gasteiger partial charge >= 0.3 is 6.36 Å². The summed E-state index contributed by atoms with van der Waals surface area (Å²) in [6, 6.07) is 3.60. The zero-order valence-corrected chi connectivity index (χ0v) is 9.72. The molecule has 0 bridgehead atoms. The summed E-state index contributed by atoms with van der Waals surface area (Å²) in [6.45, 7) is 0. The van der Waals surface area contributed by atoms with Crippen LogP contribution in [0.2, 0.25) is 0 Å². The molecule has 7 heteroatoms. The summed E-state index contributed by atoms with van der Waals surface area (Å²) in [5.41, 5.74) is -0.279. The molecular weight excluding hydrogens is 303 g/mol. The molecule has 0 saturated heterocycles. The number of benzene rings is 1. The smallest absolute Gasteiger partial charge is 0.405 e. The third-order valence-corrected chi connectivity index (χ3v) is 2.71. The molecule has 1 aromatic heterocycles. The molecule has 0 spiro atoms. The lowest BCUT2D eigenvalue weighted by molar-refractivity contribution is -0.274. The SMILES string of the molecule is O=c1cc[nH]c2c(Br)ccc(OC(F)(F)F)c12. The van der Waals surface area contributed by atoms with Gasteiger partial charge in [-0.05, 0) is 28.1 Å². The number of pyridine rings is 1. The van der Waals surface area contributed by atoms with Gasteiger partial charge < -0.3 is 9.72 Å². The Morgan fingerprint density at radius 2 is 1.94 bits per heavy atom. The summed E-state index contributed by atoms with van der Waals surface area (Å²) in [5, 5.41) is -0.140. The third-order valence-electron chi connectivity index (χ3n) is 2.05. The molecule has 1 aromatic carbocycles. The van der Waals surface area contributed by atoms with Gasteiger partial charge in [-0.1, -0.05) is 0 Å². The molecule has 0 aliphatic heterocycles. The van der Waals surface area contributed by atoms with Gasteiger partial charge in [0.1, 0.15) is 5.75 Å². The number of halogens is 4. The Morgan fingerprint density at radius 3 is 2.59 bits per heavy atom. The zero-order chi connectivity index (χ0) is 12.6. The van der Waals surface area contributed by atoms with Crippen LogP contribution in [0, 0.1) is 0 Å². The first-order chi connectivity index (χ1) is 7.88. The summed E-state index contributed by atoms with van der Waals surface area (Å²) in [7, 11) is 0. The van der Waals surface area contributed by atoms with Crippen molar-refractivity contribution in [3.63, 3.8) is 0 Å². The highest BCUT2D eigenvalue weighted by molar-refractivity contribution is 9.10. The molecule has 0 amide bonds. The van der Waals surface area contributed by atoms with Crippen molar-refractivity contribution in [2.24, 2.45) is 0 Å². The minimum absolute atomic E-state index is 0.140. The second kappa shape index (κ2) is 4.06. The van der Waals surface area contributed by atoms with Crippen LogP contribution < -0.4 is 10.2 Å². The van der Waals surface area contributed by atoms with Crippen molar-refractivity contribution in [2.75, 3.05) is 0 Å². The first kappa shape index (κ1) is 12.0. The molecule has 1 N–H and O–H groups in total. The fourth-order valence-corrected chi connectivity index (χ4v) is 1.88. The van der Waals surface area contributed by atoms with E-state index in [9.17, 15) is 18.0 Å². The van der Waals surface area contributed by atoms with Crippen molar-refractivity contribution >= 4 is 26.8 Å².